The Morgan fingerprint density at radius 3 is 2.34 bits per heavy atom. The lowest BCUT2D eigenvalue weighted by Gasteiger charge is -2.36. The van der Waals surface area contributed by atoms with E-state index in [1.165, 1.54) is 15.8 Å². The smallest absolute Gasteiger partial charge is 0.316 e. The van der Waals surface area contributed by atoms with Crippen LogP contribution in [0.25, 0.3) is 5.69 Å². The van der Waals surface area contributed by atoms with Crippen molar-refractivity contribution >= 4 is 11.7 Å². The Bertz CT molecular complexity index is 1320. The van der Waals surface area contributed by atoms with Crippen molar-refractivity contribution in [2.45, 2.75) is 32.3 Å². The van der Waals surface area contributed by atoms with Crippen molar-refractivity contribution in [2.24, 2.45) is 11.8 Å². The van der Waals surface area contributed by atoms with Crippen LogP contribution in [0, 0.1) is 11.8 Å². The number of ether oxygens (including phenoxy) is 2. The van der Waals surface area contributed by atoms with E-state index in [9.17, 15) is 9.59 Å². The number of benzene rings is 2. The predicted octanol–water partition coefficient (Wildman–Crippen LogP) is 3.10. The summed E-state index contributed by atoms with van der Waals surface area (Å²) in [7, 11) is 0. The fourth-order valence-corrected chi connectivity index (χ4v) is 5.78. The number of hydrogen-bond acceptors (Lipinski definition) is 7. The molecule has 0 spiro atoms. The summed E-state index contributed by atoms with van der Waals surface area (Å²) in [5, 5.41) is 4.54. The maximum atomic E-state index is 13.8. The van der Waals surface area contributed by atoms with Crippen molar-refractivity contribution in [2.75, 3.05) is 44.2 Å². The van der Waals surface area contributed by atoms with Crippen LogP contribution in [-0.2, 0) is 22.4 Å². The second kappa shape index (κ2) is 10.6. The summed E-state index contributed by atoms with van der Waals surface area (Å²) in [6, 6.07) is 17.9. The number of esters is 1. The van der Waals surface area contributed by atoms with Crippen LogP contribution in [0.15, 0.2) is 65.6 Å². The molecule has 1 saturated heterocycles. The van der Waals surface area contributed by atoms with Crippen molar-refractivity contribution in [3.8, 4) is 11.4 Å². The number of nitrogens with zero attached hydrogens (tertiary/aromatic N) is 4. The largest absolute Gasteiger partial charge is 0.482 e. The van der Waals surface area contributed by atoms with Gasteiger partial charge in [-0.3, -0.25) is 14.5 Å². The number of para-hydroxylation sites is 1. The Kier molecular flexibility index (Phi) is 6.89. The molecule has 1 saturated carbocycles. The molecule has 1 aliphatic heterocycles. The standard InChI is InChI=1S/C30H34N4O4/c1-2-37-30(36)26-18-23(26)20-32-12-14-33(15-13-32)27-19-31-34(24-10-4-3-5-11-24)29(35)28(27)38-25-16-21-8-6-7-9-22(21)17-25/h3-11,19,23,25-26H,2,12-18,20H2,1H3. The highest BCUT2D eigenvalue weighted by molar-refractivity contribution is 5.75. The number of fused-ring (bicyclic) bond motifs is 1. The molecule has 1 aromatic heterocycles. The molecule has 0 radical (unpaired) electrons. The van der Waals surface area contributed by atoms with Gasteiger partial charge in [-0.15, -0.1) is 0 Å². The van der Waals surface area contributed by atoms with Crippen molar-refractivity contribution in [1.82, 2.24) is 14.7 Å². The molecule has 2 atom stereocenters. The first kappa shape index (κ1) is 24.7. The Hall–Kier alpha value is -3.65. The Morgan fingerprint density at radius 1 is 0.974 bits per heavy atom. The third-order valence-corrected chi connectivity index (χ3v) is 7.93. The van der Waals surface area contributed by atoms with Gasteiger partial charge in [-0.25, -0.2) is 0 Å². The van der Waals surface area contributed by atoms with Crippen molar-refractivity contribution in [3.05, 3.63) is 82.3 Å². The molecular weight excluding hydrogens is 480 g/mol. The maximum absolute atomic E-state index is 13.8. The normalized spacial score (nSPS) is 21.2. The molecule has 0 amide bonds. The van der Waals surface area contributed by atoms with E-state index in [1.807, 2.05) is 37.3 Å². The molecule has 3 aromatic rings. The molecule has 6 rings (SSSR count). The molecule has 2 fully saturated rings. The summed E-state index contributed by atoms with van der Waals surface area (Å²) in [4.78, 5) is 30.4. The zero-order valence-corrected chi connectivity index (χ0v) is 21.8. The summed E-state index contributed by atoms with van der Waals surface area (Å²) >= 11 is 0. The molecule has 38 heavy (non-hydrogen) atoms. The predicted molar refractivity (Wildman–Crippen MR) is 145 cm³/mol. The average molecular weight is 515 g/mol. The fraction of sp³-hybridized carbons (Fsp3) is 0.433. The van der Waals surface area contributed by atoms with Gasteiger partial charge >= 0.3 is 11.5 Å². The topological polar surface area (TPSA) is 76.9 Å². The molecule has 8 nitrogen and oxygen atoms in total. The fourth-order valence-electron chi connectivity index (χ4n) is 5.78. The molecular formula is C30H34N4O4. The van der Waals surface area contributed by atoms with Crippen LogP contribution >= 0.6 is 0 Å². The van der Waals surface area contributed by atoms with Crippen LogP contribution in [0.5, 0.6) is 5.75 Å². The van der Waals surface area contributed by atoms with E-state index in [0.29, 0.717) is 24.0 Å². The number of carbonyl (C=O) groups excluding carboxylic acids is 1. The second-order valence-corrected chi connectivity index (χ2v) is 10.5. The average Bonchev–Trinajstić information content (AvgIpc) is 3.59. The molecule has 3 aliphatic rings. The number of carbonyl (C=O) groups is 1. The van der Waals surface area contributed by atoms with Crippen LogP contribution in [-0.4, -0.2) is 66.1 Å². The van der Waals surface area contributed by atoms with Gasteiger partial charge in [0.1, 0.15) is 11.8 Å². The van der Waals surface area contributed by atoms with E-state index < -0.39 is 0 Å². The van der Waals surface area contributed by atoms with E-state index in [-0.39, 0.29) is 23.6 Å². The van der Waals surface area contributed by atoms with E-state index >= 15 is 0 Å². The van der Waals surface area contributed by atoms with E-state index in [4.69, 9.17) is 9.47 Å². The molecule has 198 valence electrons. The van der Waals surface area contributed by atoms with Crippen LogP contribution in [0.4, 0.5) is 5.69 Å². The van der Waals surface area contributed by atoms with E-state index in [2.05, 4.69) is 39.2 Å². The zero-order valence-electron chi connectivity index (χ0n) is 21.8. The molecule has 8 heteroatoms. The summed E-state index contributed by atoms with van der Waals surface area (Å²) in [5.74, 6) is 0.759. The lowest BCUT2D eigenvalue weighted by Crippen LogP contribution is -2.47. The number of piperazine rings is 1. The summed E-state index contributed by atoms with van der Waals surface area (Å²) in [6.07, 6.45) is 4.20. The molecule has 2 aromatic carbocycles. The molecule has 0 bridgehead atoms. The van der Waals surface area contributed by atoms with Crippen LogP contribution in [0.3, 0.4) is 0 Å². The van der Waals surface area contributed by atoms with Crippen LogP contribution in [0.2, 0.25) is 0 Å². The number of rotatable bonds is 8. The first-order valence-electron chi connectivity index (χ1n) is 13.7. The minimum atomic E-state index is -0.234. The first-order chi connectivity index (χ1) is 18.6. The number of aromatic nitrogens is 2. The summed E-state index contributed by atoms with van der Waals surface area (Å²) < 4.78 is 13.1. The van der Waals surface area contributed by atoms with Gasteiger partial charge in [0.25, 0.3) is 0 Å². The maximum Gasteiger partial charge on any atom is 0.316 e. The first-order valence-corrected chi connectivity index (χ1v) is 13.7. The minimum absolute atomic E-state index is 0.0540. The lowest BCUT2D eigenvalue weighted by molar-refractivity contribution is -0.145. The Labute approximate surface area is 222 Å². The number of hydrogen-bond donors (Lipinski definition) is 0. The summed E-state index contributed by atoms with van der Waals surface area (Å²) in [6.45, 7) is 6.47. The van der Waals surface area contributed by atoms with Gasteiger partial charge in [0.2, 0.25) is 5.75 Å². The quantitative estimate of drug-likeness (QED) is 0.428. The SMILES string of the molecule is CCOC(=O)C1CC1CN1CCN(c2cnn(-c3ccccc3)c(=O)c2OC2Cc3ccccc3C2)CC1. The van der Waals surface area contributed by atoms with Gasteiger partial charge in [-0.2, -0.15) is 9.78 Å². The number of anilines is 1. The van der Waals surface area contributed by atoms with Crippen LogP contribution in [0.1, 0.15) is 24.5 Å². The van der Waals surface area contributed by atoms with E-state index in [1.54, 1.807) is 6.20 Å². The van der Waals surface area contributed by atoms with Gasteiger partial charge in [0.05, 0.1) is 24.4 Å². The third-order valence-electron chi connectivity index (χ3n) is 7.93. The minimum Gasteiger partial charge on any atom is -0.482 e. The molecule has 0 N–H and O–H groups in total. The highest BCUT2D eigenvalue weighted by atomic mass is 16.5. The van der Waals surface area contributed by atoms with Gasteiger partial charge in [-0.1, -0.05) is 42.5 Å². The van der Waals surface area contributed by atoms with Crippen molar-refractivity contribution in [1.29, 1.82) is 0 Å². The van der Waals surface area contributed by atoms with Crippen LogP contribution < -0.4 is 15.2 Å². The van der Waals surface area contributed by atoms with Gasteiger partial charge in [-0.05, 0) is 42.5 Å². The van der Waals surface area contributed by atoms with E-state index in [0.717, 1.165) is 57.7 Å². The van der Waals surface area contributed by atoms with Gasteiger partial charge in [0.15, 0.2) is 0 Å². The van der Waals surface area contributed by atoms with Gasteiger partial charge in [0, 0.05) is 45.6 Å². The highest BCUT2D eigenvalue weighted by Crippen LogP contribution is 2.40. The molecule has 2 heterocycles. The van der Waals surface area contributed by atoms with Gasteiger partial charge < -0.3 is 14.4 Å². The molecule has 2 aliphatic carbocycles. The van der Waals surface area contributed by atoms with Crippen molar-refractivity contribution in [3.63, 3.8) is 0 Å². The third kappa shape index (κ3) is 5.05. The van der Waals surface area contributed by atoms with Crippen molar-refractivity contribution < 1.29 is 14.3 Å². The Morgan fingerprint density at radius 2 is 1.66 bits per heavy atom. The summed E-state index contributed by atoms with van der Waals surface area (Å²) in [5.41, 5.74) is 3.81. The zero-order chi connectivity index (χ0) is 26.1. The Balaban J connectivity index is 1.19. The monoisotopic (exact) mass is 514 g/mol. The highest BCUT2D eigenvalue weighted by Gasteiger charge is 2.45. The lowest BCUT2D eigenvalue weighted by atomic mass is 10.1. The molecule has 2 unspecified atom stereocenters. The second-order valence-electron chi connectivity index (χ2n) is 10.5.